The SMILES string of the molecule is CC(C)(N)Cc1c(O)c(Br)cc2c1OCCCO2. The summed E-state index contributed by atoms with van der Waals surface area (Å²) in [5.41, 5.74) is 6.31. The first kappa shape index (κ1) is 13.5. The number of phenols is 1. The van der Waals surface area contributed by atoms with E-state index in [-0.39, 0.29) is 5.75 Å². The second-order valence-corrected chi connectivity index (χ2v) is 6.08. The van der Waals surface area contributed by atoms with Crippen LogP contribution in [0.4, 0.5) is 0 Å². The van der Waals surface area contributed by atoms with Crippen molar-refractivity contribution in [1.82, 2.24) is 0 Å². The van der Waals surface area contributed by atoms with Crippen LogP contribution in [0.3, 0.4) is 0 Å². The van der Waals surface area contributed by atoms with E-state index in [0.29, 0.717) is 41.2 Å². The molecule has 0 bridgehead atoms. The molecule has 0 aliphatic carbocycles. The second kappa shape index (κ2) is 4.97. The third-order valence-electron chi connectivity index (χ3n) is 2.69. The Kier molecular flexibility index (Phi) is 3.73. The summed E-state index contributed by atoms with van der Waals surface area (Å²) < 4.78 is 11.9. The fraction of sp³-hybridized carbons (Fsp3) is 0.538. The number of ether oxygens (including phenoxy) is 2. The maximum atomic E-state index is 10.2. The lowest BCUT2D eigenvalue weighted by atomic mass is 9.94. The maximum absolute atomic E-state index is 10.2. The van der Waals surface area contributed by atoms with Gasteiger partial charge in [-0.25, -0.2) is 0 Å². The van der Waals surface area contributed by atoms with Gasteiger partial charge in [0, 0.05) is 23.6 Å². The van der Waals surface area contributed by atoms with Gasteiger partial charge in [-0.3, -0.25) is 0 Å². The summed E-state index contributed by atoms with van der Waals surface area (Å²) in [4.78, 5) is 0. The topological polar surface area (TPSA) is 64.7 Å². The van der Waals surface area contributed by atoms with Crippen LogP contribution in [0.5, 0.6) is 17.2 Å². The molecule has 1 heterocycles. The molecule has 5 heteroatoms. The first-order chi connectivity index (χ1) is 8.38. The number of phenolic OH excluding ortho intramolecular Hbond substituents is 1. The molecule has 18 heavy (non-hydrogen) atoms. The summed E-state index contributed by atoms with van der Waals surface area (Å²) in [5.74, 6) is 1.46. The third kappa shape index (κ3) is 2.90. The van der Waals surface area contributed by atoms with Crippen molar-refractivity contribution in [2.24, 2.45) is 5.73 Å². The predicted molar refractivity (Wildman–Crippen MR) is 73.4 cm³/mol. The first-order valence-corrected chi connectivity index (χ1v) is 6.76. The maximum Gasteiger partial charge on any atom is 0.168 e. The Morgan fingerprint density at radius 3 is 2.72 bits per heavy atom. The van der Waals surface area contributed by atoms with E-state index in [1.165, 1.54) is 0 Å². The van der Waals surface area contributed by atoms with E-state index in [1.807, 2.05) is 13.8 Å². The Hall–Kier alpha value is -0.940. The van der Waals surface area contributed by atoms with Crippen LogP contribution in [-0.4, -0.2) is 23.9 Å². The molecule has 2 rings (SSSR count). The highest BCUT2D eigenvalue weighted by Crippen LogP contribution is 2.44. The number of nitrogens with two attached hydrogens (primary N) is 1. The molecule has 0 amide bonds. The first-order valence-electron chi connectivity index (χ1n) is 5.97. The highest BCUT2D eigenvalue weighted by Gasteiger charge is 2.25. The van der Waals surface area contributed by atoms with Gasteiger partial charge in [0.05, 0.1) is 17.7 Å². The van der Waals surface area contributed by atoms with Gasteiger partial charge in [-0.15, -0.1) is 0 Å². The van der Waals surface area contributed by atoms with Crippen LogP contribution in [-0.2, 0) is 6.42 Å². The van der Waals surface area contributed by atoms with Gasteiger partial charge in [0.2, 0.25) is 0 Å². The molecule has 0 aromatic heterocycles. The van der Waals surface area contributed by atoms with Crippen molar-refractivity contribution in [3.8, 4) is 17.2 Å². The summed E-state index contributed by atoms with van der Waals surface area (Å²) >= 11 is 3.33. The summed E-state index contributed by atoms with van der Waals surface area (Å²) in [5, 5.41) is 10.2. The number of hydrogen-bond acceptors (Lipinski definition) is 4. The Balaban J connectivity index is 2.51. The fourth-order valence-corrected chi connectivity index (χ4v) is 2.40. The van der Waals surface area contributed by atoms with Crippen molar-refractivity contribution >= 4 is 15.9 Å². The van der Waals surface area contributed by atoms with Crippen molar-refractivity contribution in [1.29, 1.82) is 0 Å². The zero-order valence-electron chi connectivity index (χ0n) is 10.6. The lowest BCUT2D eigenvalue weighted by Crippen LogP contribution is -2.34. The Morgan fingerprint density at radius 1 is 1.39 bits per heavy atom. The van der Waals surface area contributed by atoms with Crippen LogP contribution in [0, 0.1) is 0 Å². The number of hydrogen-bond donors (Lipinski definition) is 2. The summed E-state index contributed by atoms with van der Waals surface area (Å²) in [6, 6.07) is 1.74. The van der Waals surface area contributed by atoms with Gasteiger partial charge in [0.1, 0.15) is 5.75 Å². The molecule has 0 atom stereocenters. The average Bonchev–Trinajstić information content (AvgIpc) is 2.48. The molecule has 1 aromatic carbocycles. The van der Waals surface area contributed by atoms with Gasteiger partial charge in [-0.1, -0.05) is 0 Å². The van der Waals surface area contributed by atoms with E-state index >= 15 is 0 Å². The van der Waals surface area contributed by atoms with Gasteiger partial charge < -0.3 is 20.3 Å². The predicted octanol–water partition coefficient (Wildman–Crippen LogP) is 2.60. The number of fused-ring (bicyclic) bond motifs is 1. The van der Waals surface area contributed by atoms with Crippen molar-refractivity contribution < 1.29 is 14.6 Å². The molecular weight excluding hydrogens is 298 g/mol. The van der Waals surface area contributed by atoms with Gasteiger partial charge >= 0.3 is 0 Å². The Bertz CT molecular complexity index is 455. The molecular formula is C13H18BrNO3. The minimum absolute atomic E-state index is 0.178. The highest BCUT2D eigenvalue weighted by molar-refractivity contribution is 9.10. The summed E-state index contributed by atoms with van der Waals surface area (Å²) in [6.07, 6.45) is 1.35. The van der Waals surface area contributed by atoms with E-state index in [1.54, 1.807) is 6.07 Å². The molecule has 0 fully saturated rings. The van der Waals surface area contributed by atoms with E-state index in [4.69, 9.17) is 15.2 Å². The molecule has 0 radical (unpaired) electrons. The third-order valence-corrected chi connectivity index (χ3v) is 3.30. The van der Waals surface area contributed by atoms with E-state index in [9.17, 15) is 5.11 Å². The zero-order chi connectivity index (χ0) is 13.3. The molecule has 0 saturated heterocycles. The zero-order valence-corrected chi connectivity index (χ0v) is 12.2. The Labute approximate surface area is 115 Å². The van der Waals surface area contributed by atoms with Crippen molar-refractivity contribution in [3.05, 3.63) is 16.1 Å². The number of rotatable bonds is 2. The minimum Gasteiger partial charge on any atom is -0.506 e. The largest absolute Gasteiger partial charge is 0.506 e. The van der Waals surface area contributed by atoms with Crippen LogP contribution in [0.2, 0.25) is 0 Å². The van der Waals surface area contributed by atoms with E-state index in [0.717, 1.165) is 6.42 Å². The smallest absolute Gasteiger partial charge is 0.168 e. The van der Waals surface area contributed by atoms with Crippen LogP contribution in [0.25, 0.3) is 0 Å². The van der Waals surface area contributed by atoms with E-state index < -0.39 is 5.54 Å². The van der Waals surface area contributed by atoms with Crippen molar-refractivity contribution in [3.63, 3.8) is 0 Å². The average molecular weight is 316 g/mol. The summed E-state index contributed by atoms with van der Waals surface area (Å²) in [6.45, 7) is 5.04. The Morgan fingerprint density at radius 2 is 2.06 bits per heavy atom. The molecule has 4 nitrogen and oxygen atoms in total. The van der Waals surface area contributed by atoms with E-state index in [2.05, 4.69) is 15.9 Å². The molecule has 1 aliphatic rings. The van der Waals surface area contributed by atoms with Crippen molar-refractivity contribution in [2.75, 3.05) is 13.2 Å². The fourth-order valence-electron chi connectivity index (χ4n) is 1.95. The molecule has 100 valence electrons. The van der Waals surface area contributed by atoms with Gasteiger partial charge in [-0.2, -0.15) is 0 Å². The number of benzene rings is 1. The number of aromatic hydroxyl groups is 1. The molecule has 0 unspecified atom stereocenters. The van der Waals surface area contributed by atoms with Gasteiger partial charge in [0.15, 0.2) is 11.5 Å². The lowest BCUT2D eigenvalue weighted by Gasteiger charge is -2.22. The monoisotopic (exact) mass is 315 g/mol. The number of halogens is 1. The van der Waals surface area contributed by atoms with Crippen LogP contribution in [0.1, 0.15) is 25.8 Å². The molecule has 0 saturated carbocycles. The summed E-state index contributed by atoms with van der Waals surface area (Å²) in [7, 11) is 0. The second-order valence-electron chi connectivity index (χ2n) is 5.23. The van der Waals surface area contributed by atoms with Crippen LogP contribution in [0.15, 0.2) is 10.5 Å². The van der Waals surface area contributed by atoms with Crippen molar-refractivity contribution in [2.45, 2.75) is 32.2 Å². The van der Waals surface area contributed by atoms with Crippen LogP contribution >= 0.6 is 15.9 Å². The molecule has 0 spiro atoms. The molecule has 1 aliphatic heterocycles. The molecule has 3 N–H and O–H groups in total. The quantitative estimate of drug-likeness (QED) is 0.880. The normalized spacial score (nSPS) is 15.3. The lowest BCUT2D eigenvalue weighted by molar-refractivity contribution is 0.295. The minimum atomic E-state index is -0.429. The van der Waals surface area contributed by atoms with Gasteiger partial charge in [0.25, 0.3) is 0 Å². The van der Waals surface area contributed by atoms with Gasteiger partial charge in [-0.05, 0) is 36.2 Å². The molecule has 1 aromatic rings. The standard InChI is InChI=1S/C13H18BrNO3/c1-13(2,15)7-8-11(16)9(14)6-10-12(8)18-5-3-4-17-10/h6,16H,3-5,7,15H2,1-2H3. The van der Waals surface area contributed by atoms with Crippen LogP contribution < -0.4 is 15.2 Å². The highest BCUT2D eigenvalue weighted by atomic mass is 79.9.